The van der Waals surface area contributed by atoms with Crippen LogP contribution in [0.1, 0.15) is 10.4 Å². The van der Waals surface area contributed by atoms with Crippen molar-refractivity contribution >= 4 is 28.3 Å². The average molecular weight is 298 g/mol. The lowest BCUT2D eigenvalue weighted by Crippen LogP contribution is -2.13. The van der Waals surface area contributed by atoms with Crippen molar-refractivity contribution < 1.29 is 14.8 Å². The number of nitro groups is 1. The number of nitrogens with one attached hydrogen (secondary N) is 2. The first-order chi connectivity index (χ1) is 10.5. The summed E-state index contributed by atoms with van der Waals surface area (Å²) in [5.74, 6) is -1.08. The lowest BCUT2D eigenvalue weighted by atomic mass is 10.1. The summed E-state index contributed by atoms with van der Waals surface area (Å²) in [6.45, 7) is 0. The third-order valence-corrected chi connectivity index (χ3v) is 3.11. The van der Waals surface area contributed by atoms with Gasteiger partial charge in [0.15, 0.2) is 11.6 Å². The van der Waals surface area contributed by atoms with Gasteiger partial charge in [-0.1, -0.05) is 6.07 Å². The molecule has 2 heterocycles. The topological polar surface area (TPSA) is 121 Å². The molecule has 3 rings (SSSR count). The summed E-state index contributed by atoms with van der Waals surface area (Å²) in [5, 5.41) is 23.6. The van der Waals surface area contributed by atoms with Crippen LogP contribution in [-0.2, 0) is 0 Å². The largest absolute Gasteiger partial charge is 0.504 e. The highest BCUT2D eigenvalue weighted by Gasteiger charge is 2.15. The predicted octanol–water partition coefficient (Wildman–Crippen LogP) is 2.43. The molecule has 0 aliphatic carbocycles. The number of rotatable bonds is 3. The molecule has 0 spiro atoms. The Morgan fingerprint density at radius 1 is 1.32 bits per heavy atom. The molecule has 0 fully saturated rings. The normalized spacial score (nSPS) is 10.5. The van der Waals surface area contributed by atoms with Crippen LogP contribution in [0.15, 0.2) is 42.7 Å². The van der Waals surface area contributed by atoms with Gasteiger partial charge in [-0.2, -0.15) is 0 Å². The van der Waals surface area contributed by atoms with Gasteiger partial charge in [-0.15, -0.1) is 0 Å². The first-order valence-electron chi connectivity index (χ1n) is 6.26. The summed E-state index contributed by atoms with van der Waals surface area (Å²) in [4.78, 5) is 28.7. The second-order valence-corrected chi connectivity index (χ2v) is 4.55. The summed E-state index contributed by atoms with van der Waals surface area (Å²) in [7, 11) is 0. The Kier molecular flexibility index (Phi) is 3.18. The van der Waals surface area contributed by atoms with Crippen LogP contribution in [0.3, 0.4) is 0 Å². The van der Waals surface area contributed by atoms with Gasteiger partial charge in [0.1, 0.15) is 6.20 Å². The number of anilines is 1. The minimum Gasteiger partial charge on any atom is -0.504 e. The number of hydrogen-bond acceptors (Lipinski definition) is 5. The van der Waals surface area contributed by atoms with Crippen LogP contribution in [0.25, 0.3) is 10.9 Å². The maximum absolute atomic E-state index is 12.1. The Balaban J connectivity index is 1.85. The Hall–Kier alpha value is -3.42. The Labute approximate surface area is 123 Å². The van der Waals surface area contributed by atoms with E-state index < -0.39 is 16.6 Å². The minimum atomic E-state index is -0.683. The Bertz CT molecular complexity index is 887. The zero-order chi connectivity index (χ0) is 15.7. The van der Waals surface area contributed by atoms with Crippen molar-refractivity contribution in [3.63, 3.8) is 0 Å². The van der Waals surface area contributed by atoms with Gasteiger partial charge in [0.05, 0.1) is 11.0 Å². The maximum Gasteiger partial charge on any atom is 0.291 e. The minimum absolute atomic E-state index is 0.137. The van der Waals surface area contributed by atoms with Gasteiger partial charge < -0.3 is 15.4 Å². The van der Waals surface area contributed by atoms with Crippen LogP contribution in [0.4, 0.5) is 11.5 Å². The van der Waals surface area contributed by atoms with E-state index in [9.17, 15) is 20.0 Å². The van der Waals surface area contributed by atoms with E-state index in [-0.39, 0.29) is 11.5 Å². The van der Waals surface area contributed by atoms with Crippen LogP contribution < -0.4 is 5.32 Å². The van der Waals surface area contributed by atoms with Crippen LogP contribution in [-0.4, -0.2) is 25.9 Å². The number of hydrogen-bond donors (Lipinski definition) is 3. The van der Waals surface area contributed by atoms with Crippen molar-refractivity contribution in [3.05, 3.63) is 58.4 Å². The molecular formula is C14H10N4O4. The van der Waals surface area contributed by atoms with E-state index in [2.05, 4.69) is 15.3 Å². The number of H-pyrrole nitrogens is 1. The van der Waals surface area contributed by atoms with Crippen molar-refractivity contribution in [1.82, 2.24) is 9.97 Å². The summed E-state index contributed by atoms with van der Waals surface area (Å²) in [5.41, 5.74) is 0.811. The van der Waals surface area contributed by atoms with E-state index in [1.807, 2.05) is 6.07 Å². The molecule has 0 bridgehead atoms. The summed E-state index contributed by atoms with van der Waals surface area (Å²) in [6, 6.07) is 7.88. The molecule has 0 atom stereocenters. The van der Waals surface area contributed by atoms with Gasteiger partial charge in [-0.3, -0.25) is 14.9 Å². The van der Waals surface area contributed by atoms with E-state index in [1.54, 1.807) is 24.4 Å². The van der Waals surface area contributed by atoms with E-state index in [4.69, 9.17) is 0 Å². The van der Waals surface area contributed by atoms with Crippen LogP contribution in [0.2, 0.25) is 0 Å². The highest BCUT2D eigenvalue weighted by molar-refractivity contribution is 6.06. The number of benzene rings is 1. The second kappa shape index (κ2) is 5.17. The van der Waals surface area contributed by atoms with Crippen molar-refractivity contribution in [2.75, 3.05) is 5.32 Å². The zero-order valence-corrected chi connectivity index (χ0v) is 11.1. The molecule has 0 radical (unpaired) electrons. The standard InChI is InChI=1S/C14H10N4O4/c19-12-6-10(18(21)22)7-16-13(12)17-14(20)9-2-1-8-3-4-15-11(8)5-9/h1-7,15,19H,(H,16,17,20). The molecule has 3 N–H and O–H groups in total. The van der Waals surface area contributed by atoms with E-state index in [0.717, 1.165) is 23.2 Å². The molecule has 0 saturated heterocycles. The fourth-order valence-corrected chi connectivity index (χ4v) is 2.01. The smallest absolute Gasteiger partial charge is 0.291 e. The van der Waals surface area contributed by atoms with Gasteiger partial charge in [-0.25, -0.2) is 4.98 Å². The maximum atomic E-state index is 12.1. The number of pyridine rings is 1. The first kappa shape index (κ1) is 13.6. The number of fused-ring (bicyclic) bond motifs is 1. The third-order valence-electron chi connectivity index (χ3n) is 3.11. The Morgan fingerprint density at radius 3 is 2.86 bits per heavy atom. The SMILES string of the molecule is O=C(Nc1ncc([N+](=O)[O-])cc1O)c1ccc2cc[nH]c2c1. The predicted molar refractivity (Wildman–Crippen MR) is 78.8 cm³/mol. The van der Waals surface area contributed by atoms with Crippen molar-refractivity contribution in [3.8, 4) is 5.75 Å². The lowest BCUT2D eigenvalue weighted by Gasteiger charge is -2.06. The van der Waals surface area contributed by atoms with Crippen LogP contribution in [0, 0.1) is 10.1 Å². The number of aromatic amines is 1. The summed E-state index contributed by atoms with van der Waals surface area (Å²) in [6.07, 6.45) is 2.72. The number of amides is 1. The molecule has 0 aliphatic rings. The van der Waals surface area contributed by atoms with Crippen molar-refractivity contribution in [2.45, 2.75) is 0 Å². The molecule has 2 aromatic heterocycles. The molecule has 22 heavy (non-hydrogen) atoms. The van der Waals surface area contributed by atoms with Gasteiger partial charge in [-0.05, 0) is 23.6 Å². The first-order valence-corrected chi connectivity index (χ1v) is 6.26. The van der Waals surface area contributed by atoms with Gasteiger partial charge in [0.25, 0.3) is 11.6 Å². The van der Waals surface area contributed by atoms with E-state index in [0.29, 0.717) is 5.56 Å². The second-order valence-electron chi connectivity index (χ2n) is 4.55. The fourth-order valence-electron chi connectivity index (χ4n) is 2.01. The highest BCUT2D eigenvalue weighted by atomic mass is 16.6. The third kappa shape index (κ3) is 2.44. The molecule has 0 saturated carbocycles. The summed E-state index contributed by atoms with van der Waals surface area (Å²) >= 11 is 0. The van der Waals surface area contributed by atoms with Crippen LogP contribution >= 0.6 is 0 Å². The molecule has 8 nitrogen and oxygen atoms in total. The van der Waals surface area contributed by atoms with Crippen molar-refractivity contribution in [2.24, 2.45) is 0 Å². The van der Waals surface area contributed by atoms with Gasteiger partial charge in [0, 0.05) is 17.3 Å². The monoisotopic (exact) mass is 298 g/mol. The number of carbonyl (C=O) groups is 1. The highest BCUT2D eigenvalue weighted by Crippen LogP contribution is 2.25. The molecule has 1 aromatic carbocycles. The number of carbonyl (C=O) groups excluding carboxylic acids is 1. The van der Waals surface area contributed by atoms with Crippen LogP contribution in [0.5, 0.6) is 5.75 Å². The lowest BCUT2D eigenvalue weighted by molar-refractivity contribution is -0.385. The number of aromatic nitrogens is 2. The number of nitrogens with zero attached hydrogens (tertiary/aromatic N) is 2. The molecule has 8 heteroatoms. The molecule has 1 amide bonds. The van der Waals surface area contributed by atoms with E-state index >= 15 is 0 Å². The molecular weight excluding hydrogens is 288 g/mol. The van der Waals surface area contributed by atoms with Crippen molar-refractivity contribution in [1.29, 1.82) is 0 Å². The zero-order valence-electron chi connectivity index (χ0n) is 11.1. The average Bonchev–Trinajstić information content (AvgIpc) is 2.96. The number of aromatic hydroxyl groups is 1. The Morgan fingerprint density at radius 2 is 2.14 bits per heavy atom. The molecule has 0 unspecified atom stereocenters. The summed E-state index contributed by atoms with van der Waals surface area (Å²) < 4.78 is 0. The molecule has 110 valence electrons. The molecule has 3 aromatic rings. The van der Waals surface area contributed by atoms with Gasteiger partial charge in [0.2, 0.25) is 0 Å². The molecule has 0 aliphatic heterocycles. The quantitative estimate of drug-likeness (QED) is 0.506. The van der Waals surface area contributed by atoms with Gasteiger partial charge >= 0.3 is 0 Å². The fraction of sp³-hybridized carbons (Fsp3) is 0. The van der Waals surface area contributed by atoms with E-state index in [1.165, 1.54) is 0 Å².